The first kappa shape index (κ1) is 49.8. The van der Waals surface area contributed by atoms with E-state index in [4.69, 9.17) is 10.8 Å². The number of likely N-dealkylation sites (tertiary alicyclic amines) is 1. The summed E-state index contributed by atoms with van der Waals surface area (Å²) < 4.78 is 1.99. The molecule has 2 aliphatic heterocycles. The van der Waals surface area contributed by atoms with Crippen LogP contribution in [0.2, 0.25) is 0 Å². The van der Waals surface area contributed by atoms with E-state index in [9.17, 15) is 64.2 Å². The van der Waals surface area contributed by atoms with E-state index in [1.54, 1.807) is 17.8 Å². The summed E-state index contributed by atoms with van der Waals surface area (Å²) >= 11 is -1.05. The summed E-state index contributed by atoms with van der Waals surface area (Å²) in [5.41, 5.74) is 5.30. The molecular weight excluding hydrogens is 873 g/mol. The number of hydrogen-bond donors (Lipinski definition) is 11. The van der Waals surface area contributed by atoms with E-state index in [0.717, 1.165) is 0 Å². The topological polar surface area (TPSA) is 339 Å². The molecule has 2 heterocycles. The fraction of sp³-hybridized carbons (Fsp3) is 0.788. The first-order chi connectivity index (χ1) is 26.9. The van der Waals surface area contributed by atoms with Gasteiger partial charge >= 0.3 is 274 Å². The SMILES string of the molecule is NC(=O)CN1CCC(NC(=O)[C@@H](CCC(=O)NCC[C@@H](O)[C@H](O)[C@H](O)CO)NC(=O)CN2CCN(CC(=O)O)CCN(CC(=O)O)CCN(CC(=O)O)[I-]C2)CC1. The number of carboxylic acid groups (broad SMARTS) is 3. The molecule has 2 saturated heterocycles. The molecule has 4 amide bonds. The van der Waals surface area contributed by atoms with Gasteiger partial charge in [0.05, 0.1) is 19.3 Å². The third kappa shape index (κ3) is 21.3. The number of carboxylic acids is 3. The molecule has 328 valence electrons. The van der Waals surface area contributed by atoms with Gasteiger partial charge in [-0.3, -0.25) is 4.79 Å². The predicted octanol–water partition coefficient (Wildman–Crippen LogP) is -9.66. The van der Waals surface area contributed by atoms with Crippen LogP contribution in [0.5, 0.6) is 0 Å². The fourth-order valence-electron chi connectivity index (χ4n) is 6.13. The summed E-state index contributed by atoms with van der Waals surface area (Å²) in [4.78, 5) is 92.9. The van der Waals surface area contributed by atoms with Crippen molar-refractivity contribution in [2.24, 2.45) is 5.73 Å². The number of aliphatic carboxylic acids is 3. The summed E-state index contributed by atoms with van der Waals surface area (Å²) in [6, 6.07) is -1.46. The Kier molecular flexibility index (Phi) is 23.3. The maximum absolute atomic E-state index is 13.6. The predicted molar refractivity (Wildman–Crippen MR) is 194 cm³/mol. The molecule has 12 N–H and O–H groups in total. The molecule has 0 aromatic rings. The van der Waals surface area contributed by atoms with Crippen LogP contribution in [0.15, 0.2) is 0 Å². The third-order valence-corrected chi connectivity index (χ3v) is 12.3. The maximum atomic E-state index is 13.6. The average Bonchev–Trinajstić information content (AvgIpc) is 3.13. The van der Waals surface area contributed by atoms with Crippen molar-refractivity contribution in [3.8, 4) is 0 Å². The molecule has 0 aromatic heterocycles. The first-order valence-electron chi connectivity index (χ1n) is 18.6. The van der Waals surface area contributed by atoms with Crippen LogP contribution in [-0.2, 0) is 33.6 Å². The van der Waals surface area contributed by atoms with E-state index in [1.165, 1.54) is 0 Å². The van der Waals surface area contributed by atoms with Crippen molar-refractivity contribution in [3.63, 3.8) is 0 Å². The molecular formula is C33H59IN9O14-. The van der Waals surface area contributed by atoms with Gasteiger partial charge in [-0.15, -0.1) is 0 Å². The Labute approximate surface area is 341 Å². The van der Waals surface area contributed by atoms with Crippen molar-refractivity contribution in [1.29, 1.82) is 0 Å². The Morgan fingerprint density at radius 3 is 1.75 bits per heavy atom. The molecule has 0 saturated carbocycles. The number of aliphatic hydroxyl groups is 4. The fourth-order valence-corrected chi connectivity index (χ4v) is 8.66. The number of nitrogens with zero attached hydrogens (tertiary/aromatic N) is 5. The van der Waals surface area contributed by atoms with Gasteiger partial charge in [0.15, 0.2) is 0 Å². The van der Waals surface area contributed by atoms with Crippen molar-refractivity contribution in [3.05, 3.63) is 0 Å². The van der Waals surface area contributed by atoms with Crippen molar-refractivity contribution in [2.75, 3.05) is 103 Å². The molecule has 2 fully saturated rings. The molecule has 24 heteroatoms. The molecule has 0 radical (unpaired) electrons. The molecule has 0 aliphatic carbocycles. The Balaban J connectivity index is 2.16. The molecule has 0 spiro atoms. The number of carbonyl (C=O) groups is 7. The monoisotopic (exact) mass is 932 g/mol. The normalized spacial score (nSPS) is 20.0. The Morgan fingerprint density at radius 2 is 1.21 bits per heavy atom. The Hall–Kier alpha value is -3.34. The molecule has 23 nitrogen and oxygen atoms in total. The number of halogens is 1. The quantitative estimate of drug-likeness (QED) is 0.0208. The van der Waals surface area contributed by atoms with Crippen molar-refractivity contribution in [1.82, 2.24) is 38.7 Å². The van der Waals surface area contributed by atoms with E-state index in [-0.39, 0.29) is 108 Å². The number of hydrogen-bond acceptors (Lipinski definition) is 16. The average molecular weight is 933 g/mol. The molecule has 0 unspecified atom stereocenters. The van der Waals surface area contributed by atoms with Crippen molar-refractivity contribution < 1.29 is 90.8 Å². The van der Waals surface area contributed by atoms with Crippen LogP contribution in [0.25, 0.3) is 0 Å². The molecule has 4 atom stereocenters. The number of primary amides is 1. The Morgan fingerprint density at radius 1 is 0.667 bits per heavy atom. The van der Waals surface area contributed by atoms with Gasteiger partial charge in [0.1, 0.15) is 12.2 Å². The van der Waals surface area contributed by atoms with Crippen LogP contribution in [0.1, 0.15) is 32.1 Å². The second-order valence-corrected chi connectivity index (χ2v) is 16.7. The van der Waals surface area contributed by atoms with E-state index in [1.807, 2.05) is 4.90 Å². The molecule has 0 aromatic carbocycles. The molecule has 0 bridgehead atoms. The molecule has 57 heavy (non-hydrogen) atoms. The van der Waals surface area contributed by atoms with Gasteiger partial charge in [0.2, 0.25) is 5.91 Å². The number of piperidine rings is 1. The minimum atomic E-state index is -1.63. The summed E-state index contributed by atoms with van der Waals surface area (Å²) in [5.74, 6) is -5.38. The molecule has 2 rings (SSSR count). The second-order valence-electron chi connectivity index (χ2n) is 14.0. The zero-order valence-corrected chi connectivity index (χ0v) is 34.1. The van der Waals surface area contributed by atoms with Crippen LogP contribution in [0.4, 0.5) is 0 Å². The van der Waals surface area contributed by atoms with Gasteiger partial charge in [-0.1, -0.05) is 0 Å². The summed E-state index contributed by atoms with van der Waals surface area (Å²) in [5, 5.41) is 75.0. The zero-order chi connectivity index (χ0) is 42.5. The minimum absolute atomic E-state index is 0.0799. The van der Waals surface area contributed by atoms with Crippen LogP contribution in [0, 0.1) is 0 Å². The van der Waals surface area contributed by atoms with E-state index < -0.39 is 94.0 Å². The number of nitrogens with two attached hydrogens (primary N) is 1. The summed E-state index contributed by atoms with van der Waals surface area (Å²) in [6.07, 6.45) is -4.13. The second kappa shape index (κ2) is 26.6. The van der Waals surface area contributed by atoms with Gasteiger partial charge in [-0.25, -0.2) is 0 Å². The van der Waals surface area contributed by atoms with E-state index in [2.05, 4.69) is 16.0 Å². The van der Waals surface area contributed by atoms with Crippen LogP contribution in [-0.4, -0.2) is 233 Å². The van der Waals surface area contributed by atoms with Crippen molar-refractivity contribution >= 4 is 41.5 Å². The number of amides is 4. The van der Waals surface area contributed by atoms with Gasteiger partial charge in [-0.05, 0) is 0 Å². The number of alkyl halides is 1. The van der Waals surface area contributed by atoms with Crippen LogP contribution in [0.3, 0.4) is 0 Å². The zero-order valence-electron chi connectivity index (χ0n) is 31.9. The van der Waals surface area contributed by atoms with Crippen molar-refractivity contribution in [2.45, 2.75) is 62.5 Å². The van der Waals surface area contributed by atoms with Gasteiger partial charge in [-0.2, -0.15) is 0 Å². The van der Waals surface area contributed by atoms with E-state index in [0.29, 0.717) is 25.9 Å². The van der Waals surface area contributed by atoms with Gasteiger partial charge < -0.3 is 26.2 Å². The van der Waals surface area contributed by atoms with Gasteiger partial charge in [0, 0.05) is 0 Å². The van der Waals surface area contributed by atoms with E-state index >= 15 is 0 Å². The number of rotatable bonds is 22. The standard InChI is InChI=1S/C33H59IN9O14/c35-26(47)15-39-7-4-22(5-8-39)37-33(57)23(1-2-27(48)36-6-3-24(45)32(56)25(46)20-44)38-28(49)16-42-12-11-40(17-29(50)51)9-10-41(18-30(52)53)13-14-43(34-21-42)19-31(54)55/h22-25,32,44-46,56H,1-21H2,(H2,35,47)(H,36,48)(H,37,57)(H,38,49)(H,50,51)(H,52,53)(H,54,55)/q-1/t23-,24-,25-,32+/m1/s1. The number of carbonyl (C=O) groups excluding carboxylic acids is 4. The molecule has 2 aliphatic rings. The number of aliphatic hydroxyl groups excluding tert-OH is 4. The van der Waals surface area contributed by atoms with Gasteiger partial charge in [0.25, 0.3) is 0 Å². The van der Waals surface area contributed by atoms with Crippen LogP contribution >= 0.6 is 0 Å². The number of nitrogens with one attached hydrogen (secondary N) is 3. The first-order valence-corrected chi connectivity index (χ1v) is 21.1. The summed E-state index contributed by atoms with van der Waals surface area (Å²) in [6.45, 7) is 0.276. The van der Waals surface area contributed by atoms with Crippen LogP contribution < -0.4 is 43.2 Å². The third-order valence-electron chi connectivity index (χ3n) is 9.27. The summed E-state index contributed by atoms with van der Waals surface area (Å²) in [7, 11) is 0. The Bertz CT molecular complexity index is 1300.